The van der Waals surface area contributed by atoms with E-state index >= 15 is 0 Å². The van der Waals surface area contributed by atoms with Crippen LogP contribution in [0.15, 0.2) is 42.5 Å². The third kappa shape index (κ3) is 2.24. The predicted octanol–water partition coefficient (Wildman–Crippen LogP) is 4.30. The van der Waals surface area contributed by atoms with Crippen molar-refractivity contribution in [3.05, 3.63) is 53.3 Å². The van der Waals surface area contributed by atoms with Gasteiger partial charge in [-0.2, -0.15) is 0 Å². The van der Waals surface area contributed by atoms with Crippen LogP contribution < -0.4 is 5.32 Å². The summed E-state index contributed by atoms with van der Waals surface area (Å²) >= 11 is 2.55. The number of aromatic nitrogens is 2. The first kappa shape index (κ1) is 13.3. The molecule has 2 aromatic carbocycles. The second kappa shape index (κ2) is 5.11. The summed E-state index contributed by atoms with van der Waals surface area (Å²) in [5.74, 6) is -0.727. The van der Waals surface area contributed by atoms with Crippen LogP contribution in [-0.2, 0) is 0 Å². The lowest BCUT2D eigenvalue weighted by molar-refractivity contribution is 0.102. The molecule has 0 saturated heterocycles. The van der Waals surface area contributed by atoms with E-state index in [-0.39, 0.29) is 11.4 Å². The van der Waals surface area contributed by atoms with Crippen molar-refractivity contribution >= 4 is 54.1 Å². The molecule has 2 aromatic heterocycles. The molecule has 1 N–H and O–H groups in total. The molecule has 0 radical (unpaired) electrons. The zero-order valence-electron chi connectivity index (χ0n) is 11.0. The minimum Gasteiger partial charge on any atom is -0.296 e. The first-order valence-electron chi connectivity index (χ1n) is 6.43. The molecule has 0 bridgehead atoms. The van der Waals surface area contributed by atoms with Gasteiger partial charge in [-0.1, -0.05) is 29.5 Å². The lowest BCUT2D eigenvalue weighted by atomic mass is 10.3. The van der Waals surface area contributed by atoms with Crippen LogP contribution in [0.1, 0.15) is 9.80 Å². The van der Waals surface area contributed by atoms with Gasteiger partial charge in [0.1, 0.15) is 11.3 Å². The summed E-state index contributed by atoms with van der Waals surface area (Å²) in [6.07, 6.45) is 0. The molecule has 0 saturated carbocycles. The molecule has 22 heavy (non-hydrogen) atoms. The van der Waals surface area contributed by atoms with Gasteiger partial charge < -0.3 is 0 Å². The second-order valence-corrected chi connectivity index (χ2v) is 6.61. The number of halogens is 1. The lowest BCUT2D eigenvalue weighted by Crippen LogP contribution is -2.11. The Balaban J connectivity index is 1.66. The average molecular weight is 329 g/mol. The van der Waals surface area contributed by atoms with Crippen LogP contribution in [0.4, 0.5) is 9.52 Å². The number of amides is 1. The molecule has 0 unspecified atom stereocenters. The summed E-state index contributed by atoms with van der Waals surface area (Å²) in [5.41, 5.74) is 1.06. The molecule has 4 rings (SSSR count). The van der Waals surface area contributed by atoms with E-state index in [9.17, 15) is 9.18 Å². The summed E-state index contributed by atoms with van der Waals surface area (Å²) in [4.78, 5) is 20.7. The molecule has 0 atom stereocenters. The quantitative estimate of drug-likeness (QED) is 0.596. The number of para-hydroxylation sites is 2. The van der Waals surface area contributed by atoms with Crippen molar-refractivity contribution in [2.45, 2.75) is 0 Å². The SMILES string of the molecule is O=C(Nc1nc2c(F)cccc2s1)c1nc2ccccc2s1. The van der Waals surface area contributed by atoms with Crippen molar-refractivity contribution in [2.75, 3.05) is 5.32 Å². The molecule has 108 valence electrons. The van der Waals surface area contributed by atoms with Crippen LogP contribution >= 0.6 is 22.7 Å². The van der Waals surface area contributed by atoms with Gasteiger partial charge in [-0.25, -0.2) is 14.4 Å². The summed E-state index contributed by atoms with van der Waals surface area (Å²) in [6, 6.07) is 12.3. The zero-order chi connectivity index (χ0) is 15.1. The highest BCUT2D eigenvalue weighted by Crippen LogP contribution is 2.28. The highest BCUT2D eigenvalue weighted by Gasteiger charge is 2.15. The first-order valence-corrected chi connectivity index (χ1v) is 8.06. The number of hydrogen-bond acceptors (Lipinski definition) is 5. The fraction of sp³-hybridized carbons (Fsp3) is 0. The van der Waals surface area contributed by atoms with E-state index in [2.05, 4.69) is 15.3 Å². The number of anilines is 1. The van der Waals surface area contributed by atoms with Gasteiger partial charge in [0.15, 0.2) is 10.1 Å². The Morgan fingerprint density at radius 3 is 2.64 bits per heavy atom. The Morgan fingerprint density at radius 2 is 1.82 bits per heavy atom. The average Bonchev–Trinajstić information content (AvgIpc) is 3.11. The molecule has 4 aromatic rings. The van der Waals surface area contributed by atoms with E-state index in [0.717, 1.165) is 10.2 Å². The van der Waals surface area contributed by atoms with Crippen LogP contribution in [0.5, 0.6) is 0 Å². The Hall–Kier alpha value is -2.38. The highest BCUT2D eigenvalue weighted by atomic mass is 32.1. The number of carbonyl (C=O) groups is 1. The van der Waals surface area contributed by atoms with E-state index in [1.54, 1.807) is 12.1 Å². The van der Waals surface area contributed by atoms with Crippen LogP contribution in [0.3, 0.4) is 0 Å². The minimum atomic E-state index is -0.394. The molecule has 1 amide bonds. The predicted molar refractivity (Wildman–Crippen MR) is 87.2 cm³/mol. The number of fused-ring (bicyclic) bond motifs is 2. The Labute approximate surface area is 132 Å². The second-order valence-electron chi connectivity index (χ2n) is 4.55. The summed E-state index contributed by atoms with van der Waals surface area (Å²) in [6.45, 7) is 0. The van der Waals surface area contributed by atoms with Crippen LogP contribution in [0, 0.1) is 5.82 Å². The topological polar surface area (TPSA) is 54.9 Å². The number of nitrogens with zero attached hydrogens (tertiary/aromatic N) is 2. The lowest BCUT2D eigenvalue weighted by Gasteiger charge is -1.95. The maximum Gasteiger partial charge on any atom is 0.286 e. The number of thiazole rings is 2. The zero-order valence-corrected chi connectivity index (χ0v) is 12.7. The van der Waals surface area contributed by atoms with Crippen molar-refractivity contribution < 1.29 is 9.18 Å². The third-order valence-electron chi connectivity index (χ3n) is 3.08. The van der Waals surface area contributed by atoms with Crippen molar-refractivity contribution in [1.82, 2.24) is 9.97 Å². The summed E-state index contributed by atoms with van der Waals surface area (Å²) < 4.78 is 15.3. The molecule has 4 nitrogen and oxygen atoms in total. The van der Waals surface area contributed by atoms with Gasteiger partial charge in [0, 0.05) is 0 Å². The maximum atomic E-state index is 13.6. The Kier molecular flexibility index (Phi) is 3.09. The van der Waals surface area contributed by atoms with E-state index in [0.29, 0.717) is 14.8 Å². The van der Waals surface area contributed by atoms with Crippen LogP contribution in [0.25, 0.3) is 20.4 Å². The number of nitrogens with one attached hydrogen (secondary N) is 1. The van der Waals surface area contributed by atoms with Crippen molar-refractivity contribution in [2.24, 2.45) is 0 Å². The third-order valence-corrected chi connectivity index (χ3v) is 5.05. The van der Waals surface area contributed by atoms with Crippen LogP contribution in [-0.4, -0.2) is 15.9 Å². The largest absolute Gasteiger partial charge is 0.296 e. The van der Waals surface area contributed by atoms with E-state index in [1.807, 2.05) is 24.3 Å². The van der Waals surface area contributed by atoms with Crippen molar-refractivity contribution in [3.63, 3.8) is 0 Å². The van der Waals surface area contributed by atoms with Crippen LogP contribution in [0.2, 0.25) is 0 Å². The number of benzene rings is 2. The normalized spacial score (nSPS) is 11.1. The molecular weight excluding hydrogens is 321 g/mol. The van der Waals surface area contributed by atoms with Gasteiger partial charge in [-0.3, -0.25) is 10.1 Å². The van der Waals surface area contributed by atoms with Gasteiger partial charge in [0.2, 0.25) is 0 Å². The Morgan fingerprint density at radius 1 is 1.00 bits per heavy atom. The van der Waals surface area contributed by atoms with Crippen molar-refractivity contribution in [3.8, 4) is 0 Å². The molecular formula is C15H8FN3OS2. The number of hydrogen-bond donors (Lipinski definition) is 1. The Bertz CT molecular complexity index is 975. The van der Waals surface area contributed by atoms with Gasteiger partial charge in [-0.05, 0) is 24.3 Å². The molecule has 0 aliphatic carbocycles. The number of carbonyl (C=O) groups excluding carboxylic acids is 1. The first-order chi connectivity index (χ1) is 10.7. The van der Waals surface area contributed by atoms with Gasteiger partial charge in [0.25, 0.3) is 5.91 Å². The summed E-state index contributed by atoms with van der Waals surface area (Å²) in [7, 11) is 0. The standard InChI is InChI=1S/C15H8FN3OS2/c16-8-4-3-7-11-12(8)18-15(22-11)19-13(20)14-17-9-5-1-2-6-10(9)21-14/h1-7H,(H,18,19,20). The molecule has 0 aliphatic heterocycles. The van der Waals surface area contributed by atoms with E-state index < -0.39 is 5.82 Å². The minimum absolute atomic E-state index is 0.270. The fourth-order valence-corrected chi connectivity index (χ4v) is 3.82. The molecule has 2 heterocycles. The van der Waals surface area contributed by atoms with Gasteiger partial charge in [-0.15, -0.1) is 11.3 Å². The molecule has 0 aliphatic rings. The number of rotatable bonds is 2. The molecule has 7 heteroatoms. The van der Waals surface area contributed by atoms with E-state index in [1.165, 1.54) is 28.7 Å². The monoisotopic (exact) mass is 329 g/mol. The van der Waals surface area contributed by atoms with Gasteiger partial charge in [0.05, 0.1) is 14.9 Å². The van der Waals surface area contributed by atoms with Gasteiger partial charge >= 0.3 is 0 Å². The smallest absolute Gasteiger partial charge is 0.286 e. The molecule has 0 spiro atoms. The summed E-state index contributed by atoms with van der Waals surface area (Å²) in [5, 5.41) is 3.41. The van der Waals surface area contributed by atoms with E-state index in [4.69, 9.17) is 0 Å². The maximum absolute atomic E-state index is 13.6. The fourth-order valence-electron chi connectivity index (χ4n) is 2.09. The van der Waals surface area contributed by atoms with Crippen molar-refractivity contribution in [1.29, 1.82) is 0 Å². The molecule has 0 fully saturated rings. The highest BCUT2D eigenvalue weighted by molar-refractivity contribution is 7.22.